The number of nitrogens with zero attached hydrogens (tertiary/aromatic N) is 1. The van der Waals surface area contributed by atoms with Gasteiger partial charge in [0.1, 0.15) is 0 Å². The number of benzene rings is 1. The van der Waals surface area contributed by atoms with Crippen molar-refractivity contribution in [2.24, 2.45) is 5.73 Å². The van der Waals surface area contributed by atoms with Gasteiger partial charge in [0.25, 0.3) is 15.9 Å². The topological polar surface area (TPSA) is 94.2 Å². The van der Waals surface area contributed by atoms with Gasteiger partial charge in [0.2, 0.25) is 0 Å². The lowest BCUT2D eigenvalue weighted by molar-refractivity contribution is 0.0953. The maximum absolute atomic E-state index is 12.5. The molecule has 0 aliphatic rings. The van der Waals surface area contributed by atoms with Crippen LogP contribution in [-0.4, -0.2) is 31.4 Å². The fourth-order valence-corrected chi connectivity index (χ4v) is 3.10. The summed E-state index contributed by atoms with van der Waals surface area (Å²) in [6, 6.07) is 8.04. The van der Waals surface area contributed by atoms with Crippen LogP contribution in [0.5, 0.6) is 0 Å². The van der Waals surface area contributed by atoms with Crippen LogP contribution >= 0.6 is 12.4 Å². The smallest absolute Gasteiger partial charge is 0.267 e. The van der Waals surface area contributed by atoms with Crippen molar-refractivity contribution in [1.82, 2.24) is 9.29 Å². The van der Waals surface area contributed by atoms with Crippen molar-refractivity contribution in [3.63, 3.8) is 0 Å². The predicted octanol–water partition coefficient (Wildman–Crippen LogP) is 1.53. The second-order valence-corrected chi connectivity index (χ2v) is 6.79. The number of nitrogens with one attached hydrogen (secondary N) is 1. The number of hydrogen-bond acceptors (Lipinski definition) is 4. The molecule has 0 bridgehead atoms. The van der Waals surface area contributed by atoms with E-state index in [0.717, 1.165) is 9.54 Å². The summed E-state index contributed by atoms with van der Waals surface area (Å²) in [7, 11) is -3.68. The Morgan fingerprint density at radius 2 is 1.87 bits per heavy atom. The molecular formula is C15H20ClN3O3S. The summed E-state index contributed by atoms with van der Waals surface area (Å²) < 4.78 is 26.0. The minimum Gasteiger partial charge on any atom is -0.352 e. The van der Waals surface area contributed by atoms with Crippen molar-refractivity contribution in [3.05, 3.63) is 53.9 Å². The Morgan fingerprint density at radius 3 is 2.48 bits per heavy atom. The highest BCUT2D eigenvalue weighted by molar-refractivity contribution is 7.90. The van der Waals surface area contributed by atoms with Gasteiger partial charge in [-0.05, 0) is 38.1 Å². The molecule has 0 spiro atoms. The second kappa shape index (κ2) is 8.14. The Kier molecular flexibility index (Phi) is 6.80. The average molecular weight is 358 g/mol. The zero-order valence-electron chi connectivity index (χ0n) is 12.7. The first kappa shape index (κ1) is 19.2. The lowest BCUT2D eigenvalue weighted by Gasteiger charge is -2.06. The molecule has 1 heterocycles. The normalized spacial score (nSPS) is 10.9. The summed E-state index contributed by atoms with van der Waals surface area (Å²) in [5.41, 5.74) is 6.63. The third-order valence-corrected chi connectivity index (χ3v) is 4.84. The Labute approximate surface area is 142 Å². The lowest BCUT2D eigenvalue weighted by atomic mass is 10.2. The Hall–Kier alpha value is -1.83. The zero-order chi connectivity index (χ0) is 16.2. The first-order chi connectivity index (χ1) is 10.4. The van der Waals surface area contributed by atoms with Crippen molar-refractivity contribution in [1.29, 1.82) is 0 Å². The van der Waals surface area contributed by atoms with Gasteiger partial charge in [-0.25, -0.2) is 12.4 Å². The van der Waals surface area contributed by atoms with Gasteiger partial charge in [-0.1, -0.05) is 17.7 Å². The van der Waals surface area contributed by atoms with Gasteiger partial charge in [-0.15, -0.1) is 12.4 Å². The van der Waals surface area contributed by atoms with E-state index in [1.165, 1.54) is 18.5 Å². The molecule has 0 aliphatic heterocycles. The molecule has 1 aromatic heterocycles. The molecule has 0 radical (unpaired) electrons. The van der Waals surface area contributed by atoms with E-state index in [2.05, 4.69) is 5.32 Å². The number of carbonyl (C=O) groups is 1. The van der Waals surface area contributed by atoms with E-state index >= 15 is 0 Å². The molecule has 0 aliphatic carbocycles. The monoisotopic (exact) mass is 357 g/mol. The highest BCUT2D eigenvalue weighted by Crippen LogP contribution is 2.16. The number of aromatic nitrogens is 1. The minimum absolute atomic E-state index is 0. The van der Waals surface area contributed by atoms with Crippen LogP contribution in [0.4, 0.5) is 0 Å². The lowest BCUT2D eigenvalue weighted by Crippen LogP contribution is -2.25. The van der Waals surface area contributed by atoms with Gasteiger partial charge in [0.15, 0.2) is 0 Å². The molecule has 1 aromatic carbocycles. The summed E-state index contributed by atoms with van der Waals surface area (Å²) in [5.74, 6) is -0.314. The predicted molar refractivity (Wildman–Crippen MR) is 91.4 cm³/mol. The molecule has 126 valence electrons. The van der Waals surface area contributed by atoms with Gasteiger partial charge in [0.05, 0.1) is 10.5 Å². The van der Waals surface area contributed by atoms with E-state index in [1.807, 2.05) is 6.92 Å². The van der Waals surface area contributed by atoms with Crippen molar-refractivity contribution in [3.8, 4) is 0 Å². The molecule has 0 unspecified atom stereocenters. The summed E-state index contributed by atoms with van der Waals surface area (Å²) >= 11 is 0. The van der Waals surface area contributed by atoms with Crippen LogP contribution in [0, 0.1) is 6.92 Å². The molecule has 8 heteroatoms. The molecular weight excluding hydrogens is 338 g/mol. The highest BCUT2D eigenvalue weighted by atomic mass is 35.5. The summed E-state index contributed by atoms with van der Waals surface area (Å²) in [6.45, 7) is 2.84. The summed E-state index contributed by atoms with van der Waals surface area (Å²) in [4.78, 5) is 12.1. The molecule has 0 atom stereocenters. The number of halogens is 1. The van der Waals surface area contributed by atoms with Crippen molar-refractivity contribution in [2.45, 2.75) is 18.2 Å². The minimum atomic E-state index is -3.68. The fraction of sp³-hybridized carbons (Fsp3) is 0.267. The van der Waals surface area contributed by atoms with Crippen molar-refractivity contribution < 1.29 is 13.2 Å². The van der Waals surface area contributed by atoms with E-state index < -0.39 is 10.0 Å². The van der Waals surface area contributed by atoms with Crippen LogP contribution in [0.1, 0.15) is 22.3 Å². The summed E-state index contributed by atoms with van der Waals surface area (Å²) in [5, 5.41) is 2.68. The molecule has 0 fully saturated rings. The number of amides is 1. The first-order valence-electron chi connectivity index (χ1n) is 6.93. The average Bonchev–Trinajstić information content (AvgIpc) is 2.98. The van der Waals surface area contributed by atoms with Crippen LogP contribution in [0.2, 0.25) is 0 Å². The molecule has 1 amide bonds. The molecule has 2 aromatic rings. The van der Waals surface area contributed by atoms with E-state index in [4.69, 9.17) is 5.73 Å². The fourth-order valence-electron chi connectivity index (χ4n) is 1.90. The van der Waals surface area contributed by atoms with Gasteiger partial charge in [-0.3, -0.25) is 4.79 Å². The summed E-state index contributed by atoms with van der Waals surface area (Å²) in [6.07, 6.45) is 3.36. The van der Waals surface area contributed by atoms with E-state index in [-0.39, 0.29) is 23.2 Å². The molecule has 6 nitrogen and oxygen atoms in total. The maximum Gasteiger partial charge on any atom is 0.267 e. The van der Waals surface area contributed by atoms with E-state index in [1.54, 1.807) is 24.3 Å². The van der Waals surface area contributed by atoms with Gasteiger partial charge >= 0.3 is 0 Å². The van der Waals surface area contributed by atoms with E-state index in [9.17, 15) is 13.2 Å². The molecule has 2 rings (SSSR count). The van der Waals surface area contributed by atoms with Crippen molar-refractivity contribution >= 4 is 28.3 Å². The number of nitrogens with two attached hydrogens (primary N) is 1. The van der Waals surface area contributed by atoms with Crippen LogP contribution in [0.25, 0.3) is 0 Å². The first-order valence-corrected chi connectivity index (χ1v) is 8.37. The zero-order valence-corrected chi connectivity index (χ0v) is 14.4. The number of carbonyl (C=O) groups excluding carboxylic acids is 1. The number of hydrogen-bond donors (Lipinski definition) is 2. The van der Waals surface area contributed by atoms with Gasteiger partial charge < -0.3 is 11.1 Å². The Balaban J connectivity index is 0.00000264. The highest BCUT2D eigenvalue weighted by Gasteiger charge is 2.18. The second-order valence-electron chi connectivity index (χ2n) is 4.95. The largest absolute Gasteiger partial charge is 0.352 e. The van der Waals surface area contributed by atoms with E-state index in [0.29, 0.717) is 25.1 Å². The molecule has 0 saturated carbocycles. The van der Waals surface area contributed by atoms with Gasteiger partial charge in [-0.2, -0.15) is 0 Å². The van der Waals surface area contributed by atoms with Crippen molar-refractivity contribution in [2.75, 3.05) is 13.1 Å². The Morgan fingerprint density at radius 1 is 1.22 bits per heavy atom. The van der Waals surface area contributed by atoms with Crippen LogP contribution in [-0.2, 0) is 10.0 Å². The number of aryl methyl sites for hydroxylation is 1. The third kappa shape index (κ3) is 4.57. The number of rotatable bonds is 6. The standard InChI is InChI=1S/C15H19N3O3S.ClH/c1-12-3-5-14(6-4-12)22(20,21)18-10-7-13(11-18)15(19)17-9-2-8-16;/h3-7,10-11H,2,8-9,16H2,1H3,(H,17,19);1H. The third-order valence-electron chi connectivity index (χ3n) is 3.19. The van der Waals surface area contributed by atoms with Crippen LogP contribution in [0.15, 0.2) is 47.6 Å². The quantitative estimate of drug-likeness (QED) is 0.766. The maximum atomic E-state index is 12.5. The SMILES string of the molecule is Cc1ccc(S(=O)(=O)n2ccc(C(=O)NCCCN)c2)cc1.Cl. The van der Waals surface area contributed by atoms with Crippen LogP contribution in [0.3, 0.4) is 0 Å². The van der Waals surface area contributed by atoms with Crippen LogP contribution < -0.4 is 11.1 Å². The van der Waals surface area contributed by atoms with Gasteiger partial charge in [0, 0.05) is 18.9 Å². The molecule has 3 N–H and O–H groups in total. The molecule has 23 heavy (non-hydrogen) atoms. The Bertz CT molecular complexity index is 755. The molecule has 0 saturated heterocycles.